The van der Waals surface area contributed by atoms with E-state index >= 15 is 0 Å². The van der Waals surface area contributed by atoms with Crippen molar-refractivity contribution in [3.8, 4) is 5.75 Å². The van der Waals surface area contributed by atoms with Crippen molar-refractivity contribution in [2.24, 2.45) is 17.4 Å². The van der Waals surface area contributed by atoms with E-state index in [1.807, 2.05) is 19.1 Å². The first kappa shape index (κ1) is 16.3. The second-order valence-corrected chi connectivity index (χ2v) is 5.43. The molecule has 0 saturated carbocycles. The molecule has 0 aliphatic heterocycles. The number of nitrogens with two attached hydrogens (primary N) is 2. The highest BCUT2D eigenvalue weighted by Gasteiger charge is 2.19. The molecule has 0 radical (unpaired) electrons. The van der Waals surface area contributed by atoms with Crippen molar-refractivity contribution in [1.82, 2.24) is 0 Å². The van der Waals surface area contributed by atoms with Crippen LogP contribution in [-0.2, 0) is 0 Å². The molecule has 4 heteroatoms. The maximum absolute atomic E-state index is 6.24. The van der Waals surface area contributed by atoms with Gasteiger partial charge in [0.05, 0.1) is 7.11 Å². The molecule has 1 rings (SSSR count). The summed E-state index contributed by atoms with van der Waals surface area (Å²) in [6.07, 6.45) is 1.99. The van der Waals surface area contributed by atoms with Crippen LogP contribution in [0, 0.1) is 12.8 Å². The van der Waals surface area contributed by atoms with Gasteiger partial charge in [-0.25, -0.2) is 0 Å². The molecule has 108 valence electrons. The molecule has 0 aliphatic rings. The van der Waals surface area contributed by atoms with Crippen molar-refractivity contribution in [2.75, 3.05) is 20.2 Å². The van der Waals surface area contributed by atoms with Crippen LogP contribution in [0.1, 0.15) is 36.8 Å². The fourth-order valence-corrected chi connectivity index (χ4v) is 2.54. The Kier molecular flexibility index (Phi) is 6.63. The lowest BCUT2D eigenvalue weighted by Crippen LogP contribution is -2.25. The van der Waals surface area contributed by atoms with Gasteiger partial charge in [-0.1, -0.05) is 18.5 Å². The van der Waals surface area contributed by atoms with Crippen LogP contribution in [0.4, 0.5) is 0 Å². The fourth-order valence-electron chi connectivity index (χ4n) is 2.37. The first-order valence-electron chi connectivity index (χ1n) is 6.81. The highest BCUT2D eigenvalue weighted by molar-refractivity contribution is 6.31. The number of ether oxygens (including phenoxy) is 1. The van der Waals surface area contributed by atoms with Crippen LogP contribution < -0.4 is 16.2 Å². The number of hydrogen-bond acceptors (Lipinski definition) is 3. The smallest absolute Gasteiger partial charge is 0.122 e. The van der Waals surface area contributed by atoms with Crippen LogP contribution in [0.2, 0.25) is 5.02 Å². The van der Waals surface area contributed by atoms with E-state index in [1.165, 1.54) is 0 Å². The summed E-state index contributed by atoms with van der Waals surface area (Å²) < 4.78 is 5.49. The Morgan fingerprint density at radius 1 is 1.26 bits per heavy atom. The molecule has 4 N–H and O–H groups in total. The minimum atomic E-state index is 0.342. The maximum Gasteiger partial charge on any atom is 0.122 e. The van der Waals surface area contributed by atoms with Gasteiger partial charge >= 0.3 is 0 Å². The topological polar surface area (TPSA) is 61.3 Å². The fraction of sp³-hybridized carbons (Fsp3) is 0.600. The van der Waals surface area contributed by atoms with E-state index in [4.69, 9.17) is 27.8 Å². The van der Waals surface area contributed by atoms with Gasteiger partial charge in [-0.2, -0.15) is 0 Å². The molecular weight excluding hydrogens is 260 g/mol. The molecule has 1 aromatic rings. The third-order valence-electron chi connectivity index (χ3n) is 3.73. The zero-order valence-corrected chi connectivity index (χ0v) is 12.8. The van der Waals surface area contributed by atoms with Crippen LogP contribution in [0.3, 0.4) is 0 Å². The van der Waals surface area contributed by atoms with Crippen molar-refractivity contribution < 1.29 is 4.74 Å². The predicted molar refractivity (Wildman–Crippen MR) is 82.0 cm³/mol. The highest BCUT2D eigenvalue weighted by atomic mass is 35.5. The van der Waals surface area contributed by atoms with E-state index in [-0.39, 0.29) is 0 Å². The predicted octanol–water partition coefficient (Wildman–Crippen LogP) is 3.07. The SMILES string of the molecule is CCC(CC(CN)CN)c1cc(Cl)c(C)cc1OC. The summed E-state index contributed by atoms with van der Waals surface area (Å²) in [7, 11) is 1.70. The molecule has 0 amide bonds. The third-order valence-corrected chi connectivity index (χ3v) is 4.14. The first-order chi connectivity index (χ1) is 9.07. The quantitative estimate of drug-likeness (QED) is 0.809. The van der Waals surface area contributed by atoms with Gasteiger partial charge in [-0.15, -0.1) is 0 Å². The van der Waals surface area contributed by atoms with E-state index in [2.05, 4.69) is 6.92 Å². The van der Waals surface area contributed by atoms with Crippen LogP contribution in [0.5, 0.6) is 5.75 Å². The first-order valence-corrected chi connectivity index (χ1v) is 7.19. The molecule has 1 aromatic carbocycles. The molecule has 0 saturated heterocycles. The summed E-state index contributed by atoms with van der Waals surface area (Å²) in [6, 6.07) is 4.02. The summed E-state index contributed by atoms with van der Waals surface area (Å²) in [5.41, 5.74) is 13.7. The van der Waals surface area contributed by atoms with Gasteiger partial charge in [-0.3, -0.25) is 0 Å². The largest absolute Gasteiger partial charge is 0.496 e. The van der Waals surface area contributed by atoms with Crippen LogP contribution in [0.25, 0.3) is 0 Å². The van der Waals surface area contributed by atoms with Crippen molar-refractivity contribution in [3.05, 3.63) is 28.3 Å². The molecule has 0 bridgehead atoms. The van der Waals surface area contributed by atoms with Gasteiger partial charge < -0.3 is 16.2 Å². The van der Waals surface area contributed by atoms with Gasteiger partial charge in [0.25, 0.3) is 0 Å². The number of aryl methyl sites for hydroxylation is 1. The molecule has 0 aliphatic carbocycles. The standard InChI is InChI=1S/C15H25ClN2O/c1-4-12(6-11(8-17)9-18)13-7-14(16)10(2)5-15(13)19-3/h5,7,11-12H,4,6,8-9,17-18H2,1-3H3. The number of methoxy groups -OCH3 is 1. The van der Waals surface area contributed by atoms with Crippen LogP contribution >= 0.6 is 11.6 Å². The zero-order valence-electron chi connectivity index (χ0n) is 12.1. The molecule has 0 aromatic heterocycles. The van der Waals surface area contributed by atoms with Crippen LogP contribution in [-0.4, -0.2) is 20.2 Å². The maximum atomic E-state index is 6.24. The minimum Gasteiger partial charge on any atom is -0.496 e. The molecule has 0 spiro atoms. The van der Waals surface area contributed by atoms with Gasteiger partial charge in [0.1, 0.15) is 5.75 Å². The van der Waals surface area contributed by atoms with Gasteiger partial charge in [0.15, 0.2) is 0 Å². The number of halogens is 1. The number of rotatable bonds is 7. The van der Waals surface area contributed by atoms with E-state index in [9.17, 15) is 0 Å². The van der Waals surface area contributed by atoms with Crippen molar-refractivity contribution in [3.63, 3.8) is 0 Å². The monoisotopic (exact) mass is 284 g/mol. The van der Waals surface area contributed by atoms with Gasteiger partial charge in [0.2, 0.25) is 0 Å². The van der Waals surface area contributed by atoms with Gasteiger partial charge in [-0.05, 0) is 68.0 Å². The summed E-state index contributed by atoms with van der Waals surface area (Å²) in [6.45, 7) is 5.39. The summed E-state index contributed by atoms with van der Waals surface area (Å²) in [5, 5.41) is 0.784. The molecule has 0 fully saturated rings. The van der Waals surface area contributed by atoms with E-state index < -0.39 is 0 Å². The Bertz CT molecular complexity index is 405. The Morgan fingerprint density at radius 3 is 2.37 bits per heavy atom. The minimum absolute atomic E-state index is 0.342. The molecule has 0 heterocycles. The number of benzene rings is 1. The lowest BCUT2D eigenvalue weighted by molar-refractivity contribution is 0.390. The van der Waals surface area contributed by atoms with E-state index in [0.717, 1.165) is 34.7 Å². The second-order valence-electron chi connectivity index (χ2n) is 5.02. The Labute approximate surface area is 121 Å². The summed E-state index contributed by atoms with van der Waals surface area (Å²) >= 11 is 6.24. The molecule has 1 atom stereocenters. The normalized spacial score (nSPS) is 12.8. The summed E-state index contributed by atoms with van der Waals surface area (Å²) in [5.74, 6) is 1.63. The van der Waals surface area contributed by atoms with Gasteiger partial charge in [0, 0.05) is 5.02 Å². The van der Waals surface area contributed by atoms with Crippen LogP contribution in [0.15, 0.2) is 12.1 Å². The Hall–Kier alpha value is -0.770. The molecule has 3 nitrogen and oxygen atoms in total. The van der Waals surface area contributed by atoms with E-state index in [0.29, 0.717) is 24.9 Å². The Balaban J connectivity index is 3.06. The Morgan fingerprint density at radius 2 is 1.89 bits per heavy atom. The summed E-state index contributed by atoms with van der Waals surface area (Å²) in [4.78, 5) is 0. The molecule has 1 unspecified atom stereocenters. The van der Waals surface area contributed by atoms with Crippen molar-refractivity contribution >= 4 is 11.6 Å². The van der Waals surface area contributed by atoms with Crippen molar-refractivity contribution in [2.45, 2.75) is 32.6 Å². The highest BCUT2D eigenvalue weighted by Crippen LogP contribution is 2.36. The second kappa shape index (κ2) is 7.73. The average molecular weight is 285 g/mol. The van der Waals surface area contributed by atoms with Crippen molar-refractivity contribution in [1.29, 1.82) is 0 Å². The molecular formula is C15H25ClN2O. The third kappa shape index (κ3) is 4.10. The molecule has 19 heavy (non-hydrogen) atoms. The lowest BCUT2D eigenvalue weighted by atomic mass is 9.86. The average Bonchev–Trinajstić information content (AvgIpc) is 2.43. The van der Waals surface area contributed by atoms with E-state index in [1.54, 1.807) is 7.11 Å². The zero-order chi connectivity index (χ0) is 14.4. The number of hydrogen-bond donors (Lipinski definition) is 2. The lowest BCUT2D eigenvalue weighted by Gasteiger charge is -2.23.